The number of rotatable bonds is 7. The number of amides is 3. The van der Waals surface area contributed by atoms with Crippen molar-refractivity contribution in [2.24, 2.45) is 0 Å². The van der Waals surface area contributed by atoms with Crippen LogP contribution >= 0.6 is 23.2 Å². The molecule has 9 heteroatoms. The van der Waals surface area contributed by atoms with E-state index in [-0.39, 0.29) is 27.4 Å². The van der Waals surface area contributed by atoms with E-state index in [0.717, 1.165) is 17.7 Å². The lowest BCUT2D eigenvalue weighted by atomic mass is 10.1. The first kappa shape index (κ1) is 21.8. The largest absolute Gasteiger partial charge is 0.452 e. The Morgan fingerprint density at radius 2 is 1.73 bits per heavy atom. The average molecular weight is 449 g/mol. The molecule has 2 aromatic rings. The average Bonchev–Trinajstić information content (AvgIpc) is 2.98. The quantitative estimate of drug-likeness (QED) is 0.394. The highest BCUT2D eigenvalue weighted by Gasteiger charge is 2.37. The van der Waals surface area contributed by atoms with Gasteiger partial charge in [-0.3, -0.25) is 14.4 Å². The van der Waals surface area contributed by atoms with E-state index in [2.05, 4.69) is 5.32 Å². The topological polar surface area (TPSA) is 92.8 Å². The van der Waals surface area contributed by atoms with Crippen molar-refractivity contribution < 1.29 is 23.9 Å². The number of nitrogens with zero attached hydrogens (tertiary/aromatic N) is 1. The van der Waals surface area contributed by atoms with Gasteiger partial charge in [0.05, 0.1) is 32.4 Å². The summed E-state index contributed by atoms with van der Waals surface area (Å²) in [5.74, 6) is -2.31. The summed E-state index contributed by atoms with van der Waals surface area (Å²) in [6.45, 7) is 2.07. The van der Waals surface area contributed by atoms with Crippen molar-refractivity contribution in [3.63, 3.8) is 0 Å². The molecule has 156 valence electrons. The molecule has 0 saturated carbocycles. The summed E-state index contributed by atoms with van der Waals surface area (Å²) in [7, 11) is 0. The van der Waals surface area contributed by atoms with Crippen LogP contribution in [0, 0.1) is 0 Å². The van der Waals surface area contributed by atoms with E-state index in [0.29, 0.717) is 11.6 Å². The van der Waals surface area contributed by atoms with Crippen LogP contribution in [0.3, 0.4) is 0 Å². The van der Waals surface area contributed by atoms with E-state index in [1.807, 2.05) is 6.92 Å². The van der Waals surface area contributed by atoms with Crippen LogP contribution in [0.1, 0.15) is 50.8 Å². The SMILES string of the molecule is CCCCNC(=O)COC(=O)c1ccc2c(c1)C(=O)N(c1ccc(Cl)c(Cl)c1)C2=O. The first-order valence-corrected chi connectivity index (χ1v) is 10.0. The number of anilines is 1. The number of carbonyl (C=O) groups excluding carboxylic acids is 4. The fourth-order valence-corrected chi connectivity index (χ4v) is 3.19. The number of esters is 1. The van der Waals surface area contributed by atoms with Crippen LogP contribution in [0.5, 0.6) is 0 Å². The van der Waals surface area contributed by atoms with Gasteiger partial charge in [-0.2, -0.15) is 0 Å². The van der Waals surface area contributed by atoms with E-state index < -0.39 is 30.3 Å². The summed E-state index contributed by atoms with van der Waals surface area (Å²) in [6.07, 6.45) is 1.76. The third-order valence-corrected chi connectivity index (χ3v) is 5.21. The summed E-state index contributed by atoms with van der Waals surface area (Å²) in [4.78, 5) is 50.4. The smallest absolute Gasteiger partial charge is 0.338 e. The molecular formula is C21H18Cl2N2O5. The minimum atomic E-state index is -0.767. The maximum absolute atomic E-state index is 12.8. The van der Waals surface area contributed by atoms with Crippen molar-refractivity contribution in [2.75, 3.05) is 18.1 Å². The van der Waals surface area contributed by atoms with E-state index in [9.17, 15) is 19.2 Å². The minimum Gasteiger partial charge on any atom is -0.452 e. The summed E-state index contributed by atoms with van der Waals surface area (Å²) in [5, 5.41) is 3.13. The van der Waals surface area contributed by atoms with Crippen molar-refractivity contribution in [2.45, 2.75) is 19.8 Å². The van der Waals surface area contributed by atoms with Crippen LogP contribution in [0.25, 0.3) is 0 Å². The van der Waals surface area contributed by atoms with Crippen molar-refractivity contribution in [1.82, 2.24) is 5.32 Å². The molecule has 0 aromatic heterocycles. The molecule has 0 fully saturated rings. The van der Waals surface area contributed by atoms with Gasteiger partial charge in [-0.25, -0.2) is 9.69 Å². The fourth-order valence-electron chi connectivity index (χ4n) is 2.90. The molecule has 2 aromatic carbocycles. The Labute approximate surface area is 182 Å². The van der Waals surface area contributed by atoms with Gasteiger partial charge in [0.25, 0.3) is 17.7 Å². The molecular weight excluding hydrogens is 431 g/mol. The minimum absolute atomic E-state index is 0.0623. The molecule has 1 aliphatic heterocycles. The van der Waals surface area contributed by atoms with Crippen LogP contribution in [-0.2, 0) is 9.53 Å². The van der Waals surface area contributed by atoms with Crippen molar-refractivity contribution in [3.8, 4) is 0 Å². The van der Waals surface area contributed by atoms with Gasteiger partial charge in [-0.05, 0) is 42.8 Å². The van der Waals surface area contributed by atoms with E-state index in [4.69, 9.17) is 27.9 Å². The number of nitrogens with one attached hydrogen (secondary N) is 1. The molecule has 0 bridgehead atoms. The second-order valence-electron chi connectivity index (χ2n) is 6.58. The number of ether oxygens (including phenoxy) is 1. The highest BCUT2D eigenvalue weighted by Crippen LogP contribution is 2.33. The summed E-state index contributed by atoms with van der Waals surface area (Å²) in [5.41, 5.74) is 0.545. The molecule has 7 nitrogen and oxygen atoms in total. The first-order chi connectivity index (χ1) is 14.3. The standard InChI is InChI=1S/C21H18Cl2N2O5/c1-2-3-8-24-18(26)11-30-21(29)12-4-6-14-15(9-12)20(28)25(19(14)27)13-5-7-16(22)17(23)10-13/h4-7,9-10H,2-3,8,11H2,1H3,(H,24,26). The number of carbonyl (C=O) groups is 4. The molecule has 0 saturated heterocycles. The molecule has 3 amide bonds. The molecule has 30 heavy (non-hydrogen) atoms. The lowest BCUT2D eigenvalue weighted by Gasteiger charge is -2.14. The normalized spacial score (nSPS) is 12.7. The first-order valence-electron chi connectivity index (χ1n) is 9.25. The van der Waals surface area contributed by atoms with Gasteiger partial charge in [0, 0.05) is 6.54 Å². The third kappa shape index (κ3) is 4.47. The Bertz CT molecular complexity index is 1040. The number of halogens is 2. The van der Waals surface area contributed by atoms with Crippen molar-refractivity contribution in [1.29, 1.82) is 0 Å². The van der Waals surface area contributed by atoms with Crippen LogP contribution in [0.15, 0.2) is 36.4 Å². The third-order valence-electron chi connectivity index (χ3n) is 4.47. The van der Waals surface area contributed by atoms with Crippen LogP contribution in [-0.4, -0.2) is 36.8 Å². The fraction of sp³-hybridized carbons (Fsp3) is 0.238. The van der Waals surface area contributed by atoms with Crippen LogP contribution in [0.2, 0.25) is 10.0 Å². The second kappa shape index (κ2) is 9.28. The predicted molar refractivity (Wildman–Crippen MR) is 112 cm³/mol. The van der Waals surface area contributed by atoms with Gasteiger partial charge in [-0.1, -0.05) is 36.5 Å². The Morgan fingerprint density at radius 1 is 1.00 bits per heavy atom. The summed E-state index contributed by atoms with van der Waals surface area (Å²) < 4.78 is 4.99. The molecule has 0 aliphatic carbocycles. The predicted octanol–water partition coefficient (Wildman–Crippen LogP) is 3.87. The van der Waals surface area contributed by atoms with Crippen LogP contribution < -0.4 is 10.2 Å². The van der Waals surface area contributed by atoms with Gasteiger partial charge < -0.3 is 10.1 Å². The summed E-state index contributed by atoms with van der Waals surface area (Å²) >= 11 is 11.9. The number of benzene rings is 2. The highest BCUT2D eigenvalue weighted by atomic mass is 35.5. The maximum atomic E-state index is 12.8. The number of hydrogen-bond donors (Lipinski definition) is 1. The zero-order chi connectivity index (χ0) is 21.8. The zero-order valence-corrected chi connectivity index (χ0v) is 17.5. The van der Waals surface area contributed by atoms with Crippen molar-refractivity contribution in [3.05, 3.63) is 63.1 Å². The zero-order valence-electron chi connectivity index (χ0n) is 16.0. The lowest BCUT2D eigenvalue weighted by molar-refractivity contribution is -0.124. The molecule has 0 spiro atoms. The monoisotopic (exact) mass is 448 g/mol. The van der Waals surface area contributed by atoms with E-state index in [1.165, 1.54) is 36.4 Å². The second-order valence-corrected chi connectivity index (χ2v) is 7.40. The number of fused-ring (bicyclic) bond motifs is 1. The molecule has 1 aliphatic rings. The maximum Gasteiger partial charge on any atom is 0.338 e. The van der Waals surface area contributed by atoms with E-state index in [1.54, 1.807) is 0 Å². The lowest BCUT2D eigenvalue weighted by Crippen LogP contribution is -2.29. The molecule has 0 unspecified atom stereocenters. The molecule has 0 atom stereocenters. The Balaban J connectivity index is 1.74. The Morgan fingerprint density at radius 3 is 2.43 bits per heavy atom. The molecule has 3 rings (SSSR count). The molecule has 0 radical (unpaired) electrons. The van der Waals surface area contributed by atoms with Crippen molar-refractivity contribution >= 4 is 52.6 Å². The summed E-state index contributed by atoms with van der Waals surface area (Å²) in [6, 6.07) is 8.44. The Kier molecular flexibility index (Phi) is 6.74. The number of imide groups is 1. The van der Waals surface area contributed by atoms with Gasteiger partial charge in [-0.15, -0.1) is 0 Å². The van der Waals surface area contributed by atoms with Crippen LogP contribution in [0.4, 0.5) is 5.69 Å². The van der Waals surface area contributed by atoms with E-state index >= 15 is 0 Å². The Hall–Kier alpha value is -2.90. The van der Waals surface area contributed by atoms with Gasteiger partial charge in [0.15, 0.2) is 6.61 Å². The van der Waals surface area contributed by atoms with Gasteiger partial charge >= 0.3 is 5.97 Å². The van der Waals surface area contributed by atoms with Gasteiger partial charge in [0.2, 0.25) is 0 Å². The molecule has 1 heterocycles. The number of hydrogen-bond acceptors (Lipinski definition) is 5. The number of unbranched alkanes of at least 4 members (excludes halogenated alkanes) is 1. The molecule has 1 N–H and O–H groups in total. The highest BCUT2D eigenvalue weighted by molar-refractivity contribution is 6.42. The van der Waals surface area contributed by atoms with Gasteiger partial charge in [0.1, 0.15) is 0 Å².